The van der Waals surface area contributed by atoms with E-state index in [1.807, 2.05) is 6.92 Å². The third-order valence-electron chi connectivity index (χ3n) is 4.13. The van der Waals surface area contributed by atoms with Gasteiger partial charge in [-0.15, -0.1) is 0 Å². The minimum atomic E-state index is -0.545. The van der Waals surface area contributed by atoms with Gasteiger partial charge in [0.25, 0.3) is 0 Å². The van der Waals surface area contributed by atoms with E-state index in [2.05, 4.69) is 21.4 Å². The number of nitriles is 1. The smallest absolute Gasteiger partial charge is 0.140 e. The Balaban J connectivity index is 1.92. The Labute approximate surface area is 157 Å². The maximum Gasteiger partial charge on any atom is 0.140 e. The Kier molecular flexibility index (Phi) is 5.32. The molecule has 136 valence electrons. The van der Waals surface area contributed by atoms with Gasteiger partial charge in [-0.2, -0.15) is 5.26 Å². The topological polar surface area (TPSA) is 70.8 Å². The van der Waals surface area contributed by atoms with Crippen molar-refractivity contribution in [3.05, 3.63) is 77.0 Å². The fourth-order valence-electron chi connectivity index (χ4n) is 2.69. The molecular weight excluding hydrogens is 343 g/mol. The van der Waals surface area contributed by atoms with Crippen molar-refractivity contribution in [1.29, 1.82) is 5.26 Å². The Hall–Kier alpha value is -3.46. The molecule has 0 aliphatic heterocycles. The SMILES string of the molecule is Cc1ncc(C)c(Nc2cccc(O[C@@H](C)c3ccccc3F)c2C#N)n1. The highest BCUT2D eigenvalue weighted by Crippen LogP contribution is 2.32. The molecule has 0 radical (unpaired) electrons. The van der Waals surface area contributed by atoms with Gasteiger partial charge in [-0.05, 0) is 39.0 Å². The van der Waals surface area contributed by atoms with Gasteiger partial charge < -0.3 is 10.1 Å². The van der Waals surface area contributed by atoms with Crippen molar-refractivity contribution in [3.63, 3.8) is 0 Å². The molecule has 6 heteroatoms. The molecule has 3 rings (SSSR count). The van der Waals surface area contributed by atoms with E-state index < -0.39 is 6.10 Å². The Morgan fingerprint density at radius 3 is 2.67 bits per heavy atom. The van der Waals surface area contributed by atoms with E-state index >= 15 is 0 Å². The van der Waals surface area contributed by atoms with Gasteiger partial charge in [-0.1, -0.05) is 24.3 Å². The van der Waals surface area contributed by atoms with Gasteiger partial charge in [0.15, 0.2) is 0 Å². The predicted octanol–water partition coefficient (Wildman–Crippen LogP) is 4.99. The molecule has 1 aromatic heterocycles. The second-order valence-electron chi connectivity index (χ2n) is 6.15. The summed E-state index contributed by atoms with van der Waals surface area (Å²) in [6, 6.07) is 13.8. The molecule has 0 fully saturated rings. The number of hydrogen-bond acceptors (Lipinski definition) is 5. The van der Waals surface area contributed by atoms with Crippen LogP contribution in [0.15, 0.2) is 48.7 Å². The molecule has 3 aromatic rings. The molecule has 1 atom stereocenters. The fourth-order valence-corrected chi connectivity index (χ4v) is 2.69. The molecular formula is C21H19FN4O. The van der Waals surface area contributed by atoms with Crippen LogP contribution in [0.2, 0.25) is 0 Å². The zero-order valence-electron chi connectivity index (χ0n) is 15.3. The minimum Gasteiger partial charge on any atom is -0.484 e. The Bertz CT molecular complexity index is 1010. The molecule has 1 N–H and O–H groups in total. The predicted molar refractivity (Wildman–Crippen MR) is 101 cm³/mol. The lowest BCUT2D eigenvalue weighted by molar-refractivity contribution is 0.221. The first-order chi connectivity index (χ1) is 13.0. The molecule has 0 saturated heterocycles. The molecule has 0 amide bonds. The van der Waals surface area contributed by atoms with Crippen molar-refractivity contribution in [1.82, 2.24) is 9.97 Å². The van der Waals surface area contributed by atoms with E-state index in [4.69, 9.17) is 4.74 Å². The number of ether oxygens (including phenoxy) is 1. The van der Waals surface area contributed by atoms with E-state index in [1.165, 1.54) is 6.07 Å². The quantitative estimate of drug-likeness (QED) is 0.692. The van der Waals surface area contributed by atoms with E-state index in [-0.39, 0.29) is 5.82 Å². The first-order valence-corrected chi connectivity index (χ1v) is 8.51. The number of anilines is 2. The Morgan fingerprint density at radius 2 is 1.93 bits per heavy atom. The van der Waals surface area contributed by atoms with Gasteiger partial charge in [0.1, 0.15) is 40.9 Å². The number of rotatable bonds is 5. The molecule has 1 heterocycles. The highest BCUT2D eigenvalue weighted by atomic mass is 19.1. The summed E-state index contributed by atoms with van der Waals surface area (Å²) < 4.78 is 19.9. The van der Waals surface area contributed by atoms with Gasteiger partial charge in [-0.3, -0.25) is 0 Å². The van der Waals surface area contributed by atoms with Crippen LogP contribution < -0.4 is 10.1 Å². The van der Waals surface area contributed by atoms with Gasteiger partial charge in [0, 0.05) is 17.3 Å². The molecule has 0 bridgehead atoms. The molecule has 0 aliphatic rings. The van der Waals surface area contributed by atoms with Crippen LogP contribution in [-0.2, 0) is 0 Å². The van der Waals surface area contributed by atoms with Crippen LogP contribution in [0.1, 0.15) is 35.5 Å². The summed E-state index contributed by atoms with van der Waals surface area (Å²) in [5.74, 6) is 1.28. The largest absolute Gasteiger partial charge is 0.484 e. The first kappa shape index (κ1) is 18.3. The molecule has 0 spiro atoms. The number of halogens is 1. The van der Waals surface area contributed by atoms with Crippen molar-refractivity contribution in [3.8, 4) is 11.8 Å². The average Bonchev–Trinajstić information content (AvgIpc) is 2.65. The van der Waals surface area contributed by atoms with E-state index in [0.29, 0.717) is 34.2 Å². The second-order valence-corrected chi connectivity index (χ2v) is 6.15. The van der Waals surface area contributed by atoms with Crippen LogP contribution in [0.4, 0.5) is 15.9 Å². The van der Waals surface area contributed by atoms with E-state index in [0.717, 1.165) is 5.56 Å². The molecule has 0 aliphatic carbocycles. The lowest BCUT2D eigenvalue weighted by Crippen LogP contribution is -2.07. The van der Waals surface area contributed by atoms with Crippen molar-refractivity contribution in [2.75, 3.05) is 5.32 Å². The summed E-state index contributed by atoms with van der Waals surface area (Å²) in [6.07, 6.45) is 1.17. The summed E-state index contributed by atoms with van der Waals surface area (Å²) >= 11 is 0. The van der Waals surface area contributed by atoms with Crippen molar-refractivity contribution < 1.29 is 9.13 Å². The van der Waals surface area contributed by atoms with Crippen LogP contribution in [0.25, 0.3) is 0 Å². The highest BCUT2D eigenvalue weighted by molar-refractivity contribution is 5.69. The average molecular weight is 362 g/mol. The molecule has 0 unspecified atom stereocenters. The van der Waals surface area contributed by atoms with Crippen LogP contribution in [0.3, 0.4) is 0 Å². The number of hydrogen-bond donors (Lipinski definition) is 1. The summed E-state index contributed by atoms with van der Waals surface area (Å²) in [6.45, 7) is 5.43. The number of nitrogens with zero attached hydrogens (tertiary/aromatic N) is 3. The number of aryl methyl sites for hydroxylation is 2. The van der Waals surface area contributed by atoms with Gasteiger partial charge in [0.2, 0.25) is 0 Å². The number of nitrogens with one attached hydrogen (secondary N) is 1. The van der Waals surface area contributed by atoms with E-state index in [1.54, 1.807) is 56.4 Å². The third-order valence-corrected chi connectivity index (χ3v) is 4.13. The van der Waals surface area contributed by atoms with Crippen LogP contribution in [0.5, 0.6) is 5.75 Å². The maximum atomic E-state index is 14.0. The van der Waals surface area contributed by atoms with Gasteiger partial charge in [-0.25, -0.2) is 14.4 Å². The Morgan fingerprint density at radius 1 is 1.15 bits per heavy atom. The highest BCUT2D eigenvalue weighted by Gasteiger charge is 2.16. The molecule has 0 saturated carbocycles. The monoisotopic (exact) mass is 362 g/mol. The summed E-state index contributed by atoms with van der Waals surface area (Å²) in [4.78, 5) is 8.52. The van der Waals surface area contributed by atoms with Crippen LogP contribution >= 0.6 is 0 Å². The summed E-state index contributed by atoms with van der Waals surface area (Å²) in [7, 11) is 0. The second kappa shape index (κ2) is 7.83. The van der Waals surface area contributed by atoms with Gasteiger partial charge >= 0.3 is 0 Å². The standard InChI is InChI=1S/C21H19FN4O/c1-13-12-24-15(3)25-21(13)26-19-9-6-10-20(17(19)11-23)27-14(2)16-7-4-5-8-18(16)22/h4-10,12,14H,1-3H3,(H,24,25,26)/t14-/m0/s1. The van der Waals surface area contributed by atoms with Crippen LogP contribution in [-0.4, -0.2) is 9.97 Å². The van der Waals surface area contributed by atoms with Crippen molar-refractivity contribution in [2.45, 2.75) is 26.9 Å². The molecule has 2 aromatic carbocycles. The fraction of sp³-hybridized carbons (Fsp3) is 0.190. The normalized spacial score (nSPS) is 11.5. The van der Waals surface area contributed by atoms with Gasteiger partial charge in [0.05, 0.1) is 5.69 Å². The van der Waals surface area contributed by atoms with Crippen molar-refractivity contribution >= 4 is 11.5 Å². The van der Waals surface area contributed by atoms with Crippen molar-refractivity contribution in [2.24, 2.45) is 0 Å². The zero-order valence-corrected chi connectivity index (χ0v) is 15.3. The summed E-state index contributed by atoms with van der Waals surface area (Å²) in [5.41, 5.74) is 2.19. The van der Waals surface area contributed by atoms with Crippen LogP contribution in [0, 0.1) is 31.0 Å². The number of benzene rings is 2. The first-order valence-electron chi connectivity index (χ1n) is 8.51. The maximum absolute atomic E-state index is 14.0. The third kappa shape index (κ3) is 4.04. The summed E-state index contributed by atoms with van der Waals surface area (Å²) in [5, 5.41) is 12.8. The molecule has 27 heavy (non-hydrogen) atoms. The zero-order chi connectivity index (χ0) is 19.4. The minimum absolute atomic E-state index is 0.330. The lowest BCUT2D eigenvalue weighted by Gasteiger charge is -2.18. The lowest BCUT2D eigenvalue weighted by atomic mass is 10.1. The van der Waals surface area contributed by atoms with E-state index in [9.17, 15) is 9.65 Å². The number of aromatic nitrogens is 2. The molecule has 5 nitrogen and oxygen atoms in total.